The SMILES string of the molecule is Cc1ccc(C(=O)Nc2ccc(Oc3cccc(CCC(C)C)c3)cc2)c(N)n1. The first-order valence-corrected chi connectivity index (χ1v) is 9.82. The van der Waals surface area contributed by atoms with Crippen molar-refractivity contribution in [1.29, 1.82) is 0 Å². The molecule has 3 rings (SSSR count). The maximum absolute atomic E-state index is 12.4. The first kappa shape index (κ1) is 20.4. The van der Waals surface area contributed by atoms with Crippen LogP contribution in [0.5, 0.6) is 11.5 Å². The number of nitrogens with one attached hydrogen (secondary N) is 1. The van der Waals surface area contributed by atoms with Gasteiger partial charge in [-0.05, 0) is 79.8 Å². The summed E-state index contributed by atoms with van der Waals surface area (Å²) in [4.78, 5) is 16.5. The fourth-order valence-corrected chi connectivity index (χ4v) is 2.93. The van der Waals surface area contributed by atoms with E-state index in [1.165, 1.54) is 5.56 Å². The molecule has 0 spiro atoms. The Hall–Kier alpha value is -3.34. The second-order valence-corrected chi connectivity index (χ2v) is 7.55. The van der Waals surface area contributed by atoms with Crippen LogP contribution in [-0.4, -0.2) is 10.9 Å². The van der Waals surface area contributed by atoms with Crippen molar-refractivity contribution in [3.05, 3.63) is 77.5 Å². The van der Waals surface area contributed by atoms with E-state index in [1.54, 1.807) is 24.3 Å². The van der Waals surface area contributed by atoms with Gasteiger partial charge in [-0.15, -0.1) is 0 Å². The fraction of sp³-hybridized carbons (Fsp3) is 0.250. The second kappa shape index (κ2) is 9.24. The highest BCUT2D eigenvalue weighted by Crippen LogP contribution is 2.25. The Kier molecular flexibility index (Phi) is 6.50. The molecular formula is C24H27N3O2. The molecule has 0 saturated heterocycles. The summed E-state index contributed by atoms with van der Waals surface area (Å²) in [6.07, 6.45) is 2.19. The van der Waals surface area contributed by atoms with Gasteiger partial charge >= 0.3 is 0 Å². The van der Waals surface area contributed by atoms with Crippen molar-refractivity contribution in [2.24, 2.45) is 5.92 Å². The number of anilines is 2. The number of ether oxygens (including phenoxy) is 1. The van der Waals surface area contributed by atoms with E-state index in [1.807, 2.05) is 31.2 Å². The molecule has 0 saturated carbocycles. The minimum absolute atomic E-state index is 0.222. The van der Waals surface area contributed by atoms with Gasteiger partial charge in [-0.1, -0.05) is 26.0 Å². The van der Waals surface area contributed by atoms with Gasteiger partial charge in [0.15, 0.2) is 0 Å². The molecule has 5 nitrogen and oxygen atoms in total. The Morgan fingerprint density at radius 1 is 1.07 bits per heavy atom. The lowest BCUT2D eigenvalue weighted by molar-refractivity contribution is 0.102. The van der Waals surface area contributed by atoms with Crippen LogP contribution in [0.1, 0.15) is 41.9 Å². The van der Waals surface area contributed by atoms with Gasteiger partial charge in [-0.3, -0.25) is 4.79 Å². The summed E-state index contributed by atoms with van der Waals surface area (Å²) in [5.74, 6) is 2.12. The maximum Gasteiger partial charge on any atom is 0.259 e. The molecule has 0 aliphatic heterocycles. The Labute approximate surface area is 171 Å². The molecular weight excluding hydrogens is 362 g/mol. The number of aromatic nitrogens is 1. The summed E-state index contributed by atoms with van der Waals surface area (Å²) in [6, 6.07) is 18.8. The summed E-state index contributed by atoms with van der Waals surface area (Å²) in [7, 11) is 0. The lowest BCUT2D eigenvalue weighted by Crippen LogP contribution is -2.15. The van der Waals surface area contributed by atoms with Gasteiger partial charge < -0.3 is 15.8 Å². The molecule has 0 bridgehead atoms. The first-order chi connectivity index (χ1) is 13.9. The van der Waals surface area contributed by atoms with Gasteiger partial charge in [0.2, 0.25) is 0 Å². The van der Waals surface area contributed by atoms with Crippen LogP contribution in [0.2, 0.25) is 0 Å². The number of nitrogens with zero attached hydrogens (tertiary/aromatic N) is 1. The fourth-order valence-electron chi connectivity index (χ4n) is 2.93. The van der Waals surface area contributed by atoms with Gasteiger partial charge in [0.25, 0.3) is 5.91 Å². The lowest BCUT2D eigenvalue weighted by atomic mass is 10.0. The van der Waals surface area contributed by atoms with E-state index < -0.39 is 0 Å². The highest BCUT2D eigenvalue weighted by molar-refractivity contribution is 6.07. The van der Waals surface area contributed by atoms with Crippen LogP contribution < -0.4 is 15.8 Å². The van der Waals surface area contributed by atoms with Crippen molar-refractivity contribution in [3.8, 4) is 11.5 Å². The Morgan fingerprint density at radius 2 is 1.83 bits per heavy atom. The molecule has 5 heteroatoms. The van der Waals surface area contributed by atoms with Crippen molar-refractivity contribution < 1.29 is 9.53 Å². The summed E-state index contributed by atoms with van der Waals surface area (Å²) in [5.41, 5.74) is 8.90. The molecule has 1 aromatic heterocycles. The highest BCUT2D eigenvalue weighted by atomic mass is 16.5. The van der Waals surface area contributed by atoms with Crippen LogP contribution in [0.4, 0.5) is 11.5 Å². The molecule has 3 N–H and O–H groups in total. The average Bonchev–Trinajstić information content (AvgIpc) is 2.68. The van der Waals surface area contributed by atoms with Crippen LogP contribution in [0, 0.1) is 12.8 Å². The largest absolute Gasteiger partial charge is 0.457 e. The van der Waals surface area contributed by atoms with Gasteiger partial charge in [-0.2, -0.15) is 0 Å². The molecule has 1 heterocycles. The van der Waals surface area contributed by atoms with Crippen molar-refractivity contribution in [2.45, 2.75) is 33.6 Å². The molecule has 0 unspecified atom stereocenters. The van der Waals surface area contributed by atoms with Crippen molar-refractivity contribution >= 4 is 17.4 Å². The minimum Gasteiger partial charge on any atom is -0.457 e. The zero-order chi connectivity index (χ0) is 20.8. The molecule has 2 aromatic carbocycles. The van der Waals surface area contributed by atoms with E-state index in [2.05, 4.69) is 36.3 Å². The molecule has 0 aliphatic rings. The third-order valence-electron chi connectivity index (χ3n) is 4.57. The van der Waals surface area contributed by atoms with Crippen molar-refractivity contribution in [1.82, 2.24) is 4.98 Å². The smallest absolute Gasteiger partial charge is 0.259 e. The highest BCUT2D eigenvalue weighted by Gasteiger charge is 2.11. The number of aryl methyl sites for hydroxylation is 2. The molecule has 29 heavy (non-hydrogen) atoms. The number of benzene rings is 2. The van der Waals surface area contributed by atoms with Gasteiger partial charge in [0, 0.05) is 11.4 Å². The van der Waals surface area contributed by atoms with Crippen LogP contribution in [-0.2, 0) is 6.42 Å². The number of rotatable bonds is 7. The number of carbonyl (C=O) groups is 1. The maximum atomic E-state index is 12.4. The third-order valence-corrected chi connectivity index (χ3v) is 4.57. The molecule has 3 aromatic rings. The van der Waals surface area contributed by atoms with Gasteiger partial charge in [-0.25, -0.2) is 4.98 Å². The van der Waals surface area contributed by atoms with E-state index in [4.69, 9.17) is 10.5 Å². The Balaban J connectivity index is 1.63. The second-order valence-electron chi connectivity index (χ2n) is 7.55. The predicted molar refractivity (Wildman–Crippen MR) is 117 cm³/mol. The number of nitrogens with two attached hydrogens (primary N) is 1. The van der Waals surface area contributed by atoms with Gasteiger partial charge in [0.05, 0.1) is 5.56 Å². The third kappa shape index (κ3) is 5.82. The van der Waals surface area contributed by atoms with Crippen molar-refractivity contribution in [3.63, 3.8) is 0 Å². The minimum atomic E-state index is -0.290. The normalized spacial score (nSPS) is 10.8. The lowest BCUT2D eigenvalue weighted by Gasteiger charge is -2.10. The van der Waals surface area contributed by atoms with E-state index in [0.29, 0.717) is 22.9 Å². The number of amides is 1. The topological polar surface area (TPSA) is 77.2 Å². The van der Waals surface area contributed by atoms with Gasteiger partial charge in [0.1, 0.15) is 17.3 Å². The zero-order valence-electron chi connectivity index (χ0n) is 17.1. The van der Waals surface area contributed by atoms with E-state index >= 15 is 0 Å². The van der Waals surface area contributed by atoms with Crippen LogP contribution in [0.25, 0.3) is 0 Å². The van der Waals surface area contributed by atoms with E-state index in [9.17, 15) is 4.79 Å². The Morgan fingerprint density at radius 3 is 2.52 bits per heavy atom. The summed E-state index contributed by atoms with van der Waals surface area (Å²) < 4.78 is 5.96. The Bertz CT molecular complexity index is 982. The predicted octanol–water partition coefficient (Wildman–Crippen LogP) is 5.61. The van der Waals surface area contributed by atoms with E-state index in [-0.39, 0.29) is 11.7 Å². The van der Waals surface area contributed by atoms with Crippen LogP contribution in [0.3, 0.4) is 0 Å². The van der Waals surface area contributed by atoms with Crippen LogP contribution >= 0.6 is 0 Å². The number of carbonyl (C=O) groups excluding carboxylic acids is 1. The molecule has 0 fully saturated rings. The number of nitrogen functional groups attached to an aromatic ring is 1. The zero-order valence-corrected chi connectivity index (χ0v) is 17.1. The number of hydrogen-bond acceptors (Lipinski definition) is 4. The van der Waals surface area contributed by atoms with Crippen molar-refractivity contribution in [2.75, 3.05) is 11.1 Å². The number of hydrogen-bond donors (Lipinski definition) is 2. The summed E-state index contributed by atoms with van der Waals surface area (Å²) in [5, 5.41) is 2.83. The molecule has 0 atom stereocenters. The molecule has 0 aliphatic carbocycles. The van der Waals surface area contributed by atoms with Crippen LogP contribution in [0.15, 0.2) is 60.7 Å². The first-order valence-electron chi connectivity index (χ1n) is 9.82. The number of pyridine rings is 1. The average molecular weight is 389 g/mol. The molecule has 0 radical (unpaired) electrons. The summed E-state index contributed by atoms with van der Waals surface area (Å²) >= 11 is 0. The summed E-state index contributed by atoms with van der Waals surface area (Å²) in [6.45, 7) is 6.28. The molecule has 1 amide bonds. The standard InChI is InChI=1S/C24H27N3O2/c1-16(2)7-9-18-5-4-6-21(15-18)29-20-12-10-19(11-13-20)27-24(28)22-14-8-17(3)26-23(22)25/h4-6,8,10-16H,7,9H2,1-3H3,(H2,25,26)(H,27,28). The monoisotopic (exact) mass is 389 g/mol. The molecule has 150 valence electrons. The van der Waals surface area contributed by atoms with E-state index in [0.717, 1.165) is 24.3 Å². The quantitative estimate of drug-likeness (QED) is 0.551.